The topological polar surface area (TPSA) is 82.9 Å². The van der Waals surface area contributed by atoms with Gasteiger partial charge in [0.15, 0.2) is 0 Å². The Hall–Kier alpha value is -2.75. The fourth-order valence-electron chi connectivity index (χ4n) is 2.64. The van der Waals surface area contributed by atoms with E-state index in [1.807, 2.05) is 24.3 Å². The zero-order valence-corrected chi connectivity index (χ0v) is 16.0. The van der Waals surface area contributed by atoms with E-state index < -0.39 is 11.5 Å². The third kappa shape index (κ3) is 4.00. The molecule has 0 amide bonds. The Bertz CT molecular complexity index is 1120. The second kappa shape index (κ2) is 8.30. The summed E-state index contributed by atoms with van der Waals surface area (Å²) in [6.07, 6.45) is 0. The van der Waals surface area contributed by atoms with Crippen LogP contribution in [0, 0.1) is 11.3 Å². The number of aromatic amines is 1. The first-order chi connectivity index (χ1) is 13.0. The second-order valence-corrected chi connectivity index (χ2v) is 7.02. The molecule has 0 bridgehead atoms. The Kier molecular flexibility index (Phi) is 5.84. The van der Waals surface area contributed by atoms with Gasteiger partial charge in [-0.3, -0.25) is 4.79 Å². The quantitative estimate of drug-likeness (QED) is 0.504. The molecule has 7 heteroatoms. The lowest BCUT2D eigenvalue weighted by Gasteiger charge is -2.10. The van der Waals surface area contributed by atoms with Crippen LogP contribution < -0.4 is 5.56 Å². The molecule has 1 heterocycles. The number of ether oxygens (including phenoxy) is 1. The second-order valence-electron chi connectivity index (χ2n) is 5.63. The first-order valence-corrected chi connectivity index (χ1v) is 9.55. The number of hydrogen-bond donors (Lipinski definition) is 1. The van der Waals surface area contributed by atoms with E-state index in [1.54, 1.807) is 31.2 Å². The Labute approximate surface area is 164 Å². The zero-order valence-electron chi connectivity index (χ0n) is 14.4. The van der Waals surface area contributed by atoms with Gasteiger partial charge in [0, 0.05) is 21.5 Å². The summed E-state index contributed by atoms with van der Waals surface area (Å²) in [6.45, 7) is 2.00. The van der Waals surface area contributed by atoms with Crippen molar-refractivity contribution in [3.05, 3.63) is 74.5 Å². The highest BCUT2D eigenvalue weighted by Gasteiger charge is 2.15. The number of aromatic nitrogens is 1. The maximum atomic E-state index is 12.3. The van der Waals surface area contributed by atoms with E-state index in [0.717, 1.165) is 5.56 Å². The van der Waals surface area contributed by atoms with E-state index in [-0.39, 0.29) is 12.2 Å². The molecule has 0 unspecified atom stereocenters. The number of H-pyrrole nitrogens is 1. The van der Waals surface area contributed by atoms with Gasteiger partial charge in [-0.2, -0.15) is 5.26 Å². The van der Waals surface area contributed by atoms with E-state index in [2.05, 4.69) is 4.98 Å². The van der Waals surface area contributed by atoms with Crippen molar-refractivity contribution < 1.29 is 9.53 Å². The minimum absolute atomic E-state index is 0.0162. The van der Waals surface area contributed by atoms with Crippen LogP contribution >= 0.6 is 23.4 Å². The molecule has 0 saturated carbocycles. The number of nitriles is 1. The summed E-state index contributed by atoms with van der Waals surface area (Å²) >= 11 is 7.58. The average molecular weight is 399 g/mol. The molecule has 0 aliphatic heterocycles. The highest BCUT2D eigenvalue weighted by atomic mass is 35.5. The maximum Gasteiger partial charge on any atom is 0.338 e. The number of hydrogen-bond acceptors (Lipinski definition) is 5. The largest absolute Gasteiger partial charge is 0.462 e. The van der Waals surface area contributed by atoms with Crippen molar-refractivity contribution in [2.75, 3.05) is 6.61 Å². The van der Waals surface area contributed by atoms with Crippen LogP contribution in [0.2, 0.25) is 5.02 Å². The van der Waals surface area contributed by atoms with Crippen molar-refractivity contribution in [3.63, 3.8) is 0 Å². The molecule has 3 aromatic rings. The van der Waals surface area contributed by atoms with Crippen molar-refractivity contribution in [1.82, 2.24) is 4.98 Å². The van der Waals surface area contributed by atoms with Crippen molar-refractivity contribution in [1.29, 1.82) is 5.26 Å². The Morgan fingerprint density at radius 2 is 2.04 bits per heavy atom. The van der Waals surface area contributed by atoms with Gasteiger partial charge in [0.05, 0.1) is 17.2 Å². The molecule has 136 valence electrons. The molecule has 0 aliphatic rings. The van der Waals surface area contributed by atoms with Crippen LogP contribution in [0.25, 0.3) is 10.8 Å². The SMILES string of the molecule is CCOC(=O)c1ccc2c(C#N)c(=O)[nH]c(SCc3ccccc3Cl)c2c1. The Morgan fingerprint density at radius 1 is 1.26 bits per heavy atom. The van der Waals surface area contributed by atoms with E-state index in [1.165, 1.54) is 11.8 Å². The number of thioether (sulfide) groups is 1. The Balaban J connectivity index is 2.08. The van der Waals surface area contributed by atoms with Crippen LogP contribution in [-0.2, 0) is 10.5 Å². The lowest BCUT2D eigenvalue weighted by atomic mass is 10.1. The summed E-state index contributed by atoms with van der Waals surface area (Å²) in [5.74, 6) is 0.0754. The minimum Gasteiger partial charge on any atom is -0.462 e. The lowest BCUT2D eigenvalue weighted by molar-refractivity contribution is 0.0526. The summed E-state index contributed by atoms with van der Waals surface area (Å²) in [5.41, 5.74) is 0.835. The van der Waals surface area contributed by atoms with Crippen LogP contribution in [0.4, 0.5) is 0 Å². The van der Waals surface area contributed by atoms with Gasteiger partial charge in [-0.25, -0.2) is 4.79 Å². The smallest absolute Gasteiger partial charge is 0.338 e. The number of carbonyl (C=O) groups excluding carboxylic acids is 1. The first kappa shape index (κ1) is 19.0. The van der Waals surface area contributed by atoms with Crippen molar-refractivity contribution in [3.8, 4) is 6.07 Å². The van der Waals surface area contributed by atoms with E-state index in [9.17, 15) is 14.9 Å². The number of pyridine rings is 1. The highest BCUT2D eigenvalue weighted by molar-refractivity contribution is 7.98. The van der Waals surface area contributed by atoms with Crippen molar-refractivity contribution in [2.45, 2.75) is 17.7 Å². The molecule has 0 atom stereocenters. The predicted molar refractivity (Wildman–Crippen MR) is 106 cm³/mol. The third-order valence-corrected chi connectivity index (χ3v) is 5.38. The van der Waals surface area contributed by atoms with Crippen molar-refractivity contribution >= 4 is 40.1 Å². The molecule has 0 radical (unpaired) electrons. The predicted octanol–water partition coefficient (Wildman–Crippen LogP) is 4.52. The minimum atomic E-state index is -0.462. The molecule has 27 heavy (non-hydrogen) atoms. The van der Waals surface area contributed by atoms with Gasteiger partial charge in [0.1, 0.15) is 11.6 Å². The summed E-state index contributed by atoms with van der Waals surface area (Å²) in [6, 6.07) is 14.2. The van der Waals surface area contributed by atoms with Gasteiger partial charge in [0.2, 0.25) is 0 Å². The summed E-state index contributed by atoms with van der Waals surface area (Å²) in [7, 11) is 0. The molecule has 1 N–H and O–H groups in total. The van der Waals surface area contributed by atoms with Gasteiger partial charge in [-0.1, -0.05) is 35.9 Å². The average Bonchev–Trinajstić information content (AvgIpc) is 2.67. The molecule has 1 aromatic heterocycles. The number of rotatable bonds is 5. The lowest BCUT2D eigenvalue weighted by Crippen LogP contribution is -2.12. The monoisotopic (exact) mass is 398 g/mol. The van der Waals surface area contributed by atoms with Gasteiger partial charge >= 0.3 is 5.97 Å². The number of fused-ring (bicyclic) bond motifs is 1. The summed E-state index contributed by atoms with van der Waals surface area (Å²) in [5, 5.41) is 11.7. The van der Waals surface area contributed by atoms with E-state index in [4.69, 9.17) is 16.3 Å². The molecule has 3 rings (SSSR count). The first-order valence-electron chi connectivity index (χ1n) is 8.18. The number of nitrogens with one attached hydrogen (secondary N) is 1. The zero-order chi connectivity index (χ0) is 19.4. The molecule has 0 saturated heterocycles. The highest BCUT2D eigenvalue weighted by Crippen LogP contribution is 2.31. The maximum absolute atomic E-state index is 12.3. The van der Waals surface area contributed by atoms with E-state index in [0.29, 0.717) is 32.1 Å². The standard InChI is InChI=1S/C20H15ClN2O3S/c1-2-26-20(25)12-7-8-14-15(9-12)19(23-18(24)16(14)10-22)27-11-13-5-3-4-6-17(13)21/h3-9H,2,11H2,1H3,(H,23,24). The fourth-order valence-corrected chi connectivity index (χ4v) is 3.96. The van der Waals surface area contributed by atoms with Crippen LogP contribution in [0.3, 0.4) is 0 Å². The van der Waals surface area contributed by atoms with Crippen LogP contribution in [0.1, 0.15) is 28.4 Å². The van der Waals surface area contributed by atoms with Crippen LogP contribution in [0.15, 0.2) is 52.3 Å². The van der Waals surface area contributed by atoms with Crippen LogP contribution in [0.5, 0.6) is 0 Å². The molecular formula is C20H15ClN2O3S. The summed E-state index contributed by atoms with van der Waals surface area (Å²) in [4.78, 5) is 27.1. The fraction of sp³-hybridized carbons (Fsp3) is 0.150. The Morgan fingerprint density at radius 3 is 2.74 bits per heavy atom. The number of carbonyl (C=O) groups is 1. The molecular weight excluding hydrogens is 384 g/mol. The van der Waals surface area contributed by atoms with Gasteiger partial charge in [0.25, 0.3) is 5.56 Å². The normalized spacial score (nSPS) is 10.6. The van der Waals surface area contributed by atoms with Crippen molar-refractivity contribution in [2.24, 2.45) is 0 Å². The molecule has 0 spiro atoms. The number of nitrogens with zero attached hydrogens (tertiary/aromatic N) is 1. The molecule has 0 aliphatic carbocycles. The molecule has 2 aromatic carbocycles. The number of halogens is 1. The van der Waals surface area contributed by atoms with E-state index >= 15 is 0 Å². The van der Waals surface area contributed by atoms with Gasteiger partial charge in [-0.15, -0.1) is 11.8 Å². The number of benzene rings is 2. The van der Waals surface area contributed by atoms with Gasteiger partial charge < -0.3 is 9.72 Å². The van der Waals surface area contributed by atoms with Gasteiger partial charge in [-0.05, 0) is 30.7 Å². The molecule has 5 nitrogen and oxygen atoms in total. The van der Waals surface area contributed by atoms with Crippen LogP contribution in [-0.4, -0.2) is 17.6 Å². The third-order valence-electron chi connectivity index (χ3n) is 3.94. The summed E-state index contributed by atoms with van der Waals surface area (Å²) < 4.78 is 5.04. The number of esters is 1. The molecule has 0 fully saturated rings.